The van der Waals surface area contributed by atoms with Crippen LogP contribution >= 0.6 is 0 Å². The molecule has 160 valence electrons. The second kappa shape index (κ2) is 7.29. The molecule has 0 saturated heterocycles. The minimum atomic E-state index is -0.492. The van der Waals surface area contributed by atoms with Crippen molar-refractivity contribution in [2.24, 2.45) is 5.41 Å². The summed E-state index contributed by atoms with van der Waals surface area (Å²) in [5.41, 5.74) is 5.46. The number of nitrogens with zero attached hydrogens (tertiary/aromatic N) is 4. The largest absolute Gasteiger partial charge is 0.337 e. The number of hydrogen-bond donors (Lipinski definition) is 0. The quantitative estimate of drug-likeness (QED) is 0.546. The van der Waals surface area contributed by atoms with Gasteiger partial charge in [0.1, 0.15) is 0 Å². The van der Waals surface area contributed by atoms with Gasteiger partial charge in [0.05, 0.1) is 11.9 Å². The molecule has 1 amide bonds. The van der Waals surface area contributed by atoms with Gasteiger partial charge in [-0.05, 0) is 42.9 Å². The highest BCUT2D eigenvalue weighted by Gasteiger charge is 2.30. The fourth-order valence-corrected chi connectivity index (χ4v) is 4.99. The van der Waals surface area contributed by atoms with Gasteiger partial charge in [-0.25, -0.2) is 4.98 Å². The van der Waals surface area contributed by atoms with Crippen molar-refractivity contribution < 1.29 is 9.18 Å². The van der Waals surface area contributed by atoms with Gasteiger partial charge < -0.3 is 4.90 Å². The second-order valence-electron chi connectivity index (χ2n) is 9.47. The zero-order chi connectivity index (χ0) is 21.8. The van der Waals surface area contributed by atoms with E-state index in [-0.39, 0.29) is 11.3 Å². The van der Waals surface area contributed by atoms with Crippen LogP contribution in [0.25, 0.3) is 22.4 Å². The molecule has 1 aliphatic carbocycles. The molecule has 2 aromatic heterocycles. The third-order valence-electron chi connectivity index (χ3n) is 6.82. The van der Waals surface area contributed by atoms with E-state index < -0.39 is 5.95 Å². The van der Waals surface area contributed by atoms with Crippen LogP contribution in [-0.4, -0.2) is 32.6 Å². The third-order valence-corrected chi connectivity index (χ3v) is 6.82. The molecule has 5 rings (SSSR count). The average molecular weight is 419 g/mol. The first kappa shape index (κ1) is 19.9. The summed E-state index contributed by atoms with van der Waals surface area (Å²) in [6.07, 6.45) is 8.88. The lowest BCUT2D eigenvalue weighted by molar-refractivity contribution is 0.0816. The lowest BCUT2D eigenvalue weighted by atomic mass is 9.89. The Labute approximate surface area is 181 Å². The predicted octanol–water partition coefficient (Wildman–Crippen LogP) is 5.23. The van der Waals surface area contributed by atoms with E-state index in [1.54, 1.807) is 18.9 Å². The molecular weight excluding hydrogens is 391 g/mol. The van der Waals surface area contributed by atoms with E-state index in [4.69, 9.17) is 0 Å². The molecule has 1 fully saturated rings. The monoisotopic (exact) mass is 418 g/mol. The third kappa shape index (κ3) is 3.54. The lowest BCUT2D eigenvalue weighted by Crippen LogP contribution is -2.19. The Balaban J connectivity index is 1.55. The highest BCUT2D eigenvalue weighted by Crippen LogP contribution is 2.39. The van der Waals surface area contributed by atoms with Crippen LogP contribution in [-0.2, 0) is 13.1 Å². The Hall–Kier alpha value is -3.02. The lowest BCUT2D eigenvalue weighted by Gasteiger charge is -2.22. The van der Waals surface area contributed by atoms with E-state index in [9.17, 15) is 9.18 Å². The molecular formula is C25H27FN4O. The smallest absolute Gasteiger partial charge is 0.254 e. The van der Waals surface area contributed by atoms with Crippen molar-refractivity contribution in [3.8, 4) is 22.4 Å². The first-order chi connectivity index (χ1) is 14.8. The molecule has 0 bridgehead atoms. The van der Waals surface area contributed by atoms with Gasteiger partial charge in [0.25, 0.3) is 5.91 Å². The summed E-state index contributed by atoms with van der Waals surface area (Å²) in [6, 6.07) is 7.54. The summed E-state index contributed by atoms with van der Waals surface area (Å²) in [5, 5.41) is 4.60. The second-order valence-corrected chi connectivity index (χ2v) is 9.47. The van der Waals surface area contributed by atoms with E-state index in [2.05, 4.69) is 17.0 Å². The van der Waals surface area contributed by atoms with Gasteiger partial charge in [0.2, 0.25) is 5.95 Å². The molecule has 3 heterocycles. The Bertz CT molecular complexity index is 1180. The number of rotatable bonds is 4. The van der Waals surface area contributed by atoms with E-state index in [0.717, 1.165) is 28.8 Å². The summed E-state index contributed by atoms with van der Waals surface area (Å²) in [7, 11) is 1.79. The topological polar surface area (TPSA) is 51.0 Å². The Morgan fingerprint density at radius 2 is 1.90 bits per heavy atom. The van der Waals surface area contributed by atoms with E-state index >= 15 is 0 Å². The summed E-state index contributed by atoms with van der Waals surface area (Å²) in [6.45, 7) is 5.54. The SMILES string of the molecule is Cc1cc(-c2cnn(CC3(C)CCCC3)c2)c(-c2ccc3c(c2)C(=O)N(C)C3)nc1F. The minimum Gasteiger partial charge on any atom is -0.337 e. The number of pyridine rings is 1. The van der Waals surface area contributed by atoms with Crippen LogP contribution in [0.1, 0.15) is 54.1 Å². The van der Waals surface area contributed by atoms with Crippen LogP contribution in [0, 0.1) is 18.3 Å². The highest BCUT2D eigenvalue weighted by atomic mass is 19.1. The molecule has 0 atom stereocenters. The number of halogens is 1. The Kier molecular flexibility index (Phi) is 4.68. The van der Waals surface area contributed by atoms with Crippen molar-refractivity contribution in [1.82, 2.24) is 19.7 Å². The van der Waals surface area contributed by atoms with Crippen LogP contribution in [0.5, 0.6) is 0 Å². The van der Waals surface area contributed by atoms with Crippen molar-refractivity contribution in [3.05, 3.63) is 59.3 Å². The molecule has 1 aliphatic heterocycles. The number of hydrogen-bond acceptors (Lipinski definition) is 3. The zero-order valence-electron chi connectivity index (χ0n) is 18.3. The van der Waals surface area contributed by atoms with Crippen LogP contribution < -0.4 is 0 Å². The van der Waals surface area contributed by atoms with Crippen molar-refractivity contribution in [2.75, 3.05) is 7.05 Å². The maximum atomic E-state index is 14.5. The van der Waals surface area contributed by atoms with Gasteiger partial charge in [-0.3, -0.25) is 9.48 Å². The average Bonchev–Trinajstić information content (AvgIpc) is 3.44. The molecule has 31 heavy (non-hydrogen) atoms. The Morgan fingerprint density at radius 1 is 1.13 bits per heavy atom. The van der Waals surface area contributed by atoms with Crippen molar-refractivity contribution in [3.63, 3.8) is 0 Å². The van der Waals surface area contributed by atoms with Crippen LogP contribution in [0.15, 0.2) is 36.7 Å². The summed E-state index contributed by atoms with van der Waals surface area (Å²) < 4.78 is 16.5. The van der Waals surface area contributed by atoms with E-state index in [1.807, 2.05) is 41.3 Å². The van der Waals surface area contributed by atoms with Crippen LogP contribution in [0.2, 0.25) is 0 Å². The minimum absolute atomic E-state index is 0.0105. The first-order valence-corrected chi connectivity index (χ1v) is 10.9. The predicted molar refractivity (Wildman–Crippen MR) is 118 cm³/mol. The van der Waals surface area contributed by atoms with E-state index in [1.165, 1.54) is 25.7 Å². The summed E-state index contributed by atoms with van der Waals surface area (Å²) in [4.78, 5) is 18.4. The number of carbonyl (C=O) groups excluding carboxylic acids is 1. The number of aryl methyl sites for hydroxylation is 1. The van der Waals surface area contributed by atoms with Crippen LogP contribution in [0.4, 0.5) is 4.39 Å². The molecule has 0 N–H and O–H groups in total. The zero-order valence-corrected chi connectivity index (χ0v) is 18.3. The van der Waals surface area contributed by atoms with Gasteiger partial charge in [0.15, 0.2) is 0 Å². The number of benzene rings is 1. The van der Waals surface area contributed by atoms with Gasteiger partial charge in [-0.15, -0.1) is 0 Å². The molecule has 0 radical (unpaired) electrons. The van der Waals surface area contributed by atoms with Crippen molar-refractivity contribution in [2.45, 2.75) is 52.6 Å². The molecule has 6 heteroatoms. The van der Waals surface area contributed by atoms with Gasteiger partial charge in [-0.2, -0.15) is 9.49 Å². The fraction of sp³-hybridized carbons (Fsp3) is 0.400. The number of aromatic nitrogens is 3. The van der Waals surface area contributed by atoms with Gasteiger partial charge in [0, 0.05) is 54.2 Å². The molecule has 0 spiro atoms. The maximum Gasteiger partial charge on any atom is 0.254 e. The summed E-state index contributed by atoms with van der Waals surface area (Å²) >= 11 is 0. The summed E-state index contributed by atoms with van der Waals surface area (Å²) in [5.74, 6) is -0.503. The van der Waals surface area contributed by atoms with Crippen molar-refractivity contribution in [1.29, 1.82) is 0 Å². The Morgan fingerprint density at radius 3 is 2.68 bits per heavy atom. The molecule has 2 aliphatic rings. The molecule has 0 unspecified atom stereocenters. The normalized spacial score (nSPS) is 17.4. The van der Waals surface area contributed by atoms with Gasteiger partial charge >= 0.3 is 0 Å². The standard InChI is InChI=1S/C25H27FN4O/c1-16-10-20(19-12-27-30(14-19)15-25(2)8-4-5-9-25)22(28-23(16)26)17-6-7-18-13-29(3)24(31)21(18)11-17/h6-7,10-12,14H,4-5,8-9,13,15H2,1-3H3. The van der Waals surface area contributed by atoms with Crippen molar-refractivity contribution >= 4 is 5.91 Å². The fourth-order valence-electron chi connectivity index (χ4n) is 4.99. The molecule has 5 nitrogen and oxygen atoms in total. The van der Waals surface area contributed by atoms with Crippen LogP contribution in [0.3, 0.4) is 0 Å². The highest BCUT2D eigenvalue weighted by molar-refractivity contribution is 5.99. The van der Waals surface area contributed by atoms with E-state index in [0.29, 0.717) is 23.4 Å². The molecule has 1 aromatic carbocycles. The first-order valence-electron chi connectivity index (χ1n) is 10.9. The van der Waals surface area contributed by atoms with Gasteiger partial charge in [-0.1, -0.05) is 31.9 Å². The molecule has 1 saturated carbocycles. The number of carbonyl (C=O) groups is 1. The number of amides is 1. The molecule has 3 aromatic rings. The number of fused-ring (bicyclic) bond motifs is 1. The maximum absolute atomic E-state index is 14.5.